The minimum Gasteiger partial charge on any atom is -0.476 e. The monoisotopic (exact) mass is 384 g/mol. The molecule has 7 nitrogen and oxygen atoms in total. The number of ether oxygens (including phenoxy) is 1. The maximum Gasteiger partial charge on any atom is 0.214 e. The minimum atomic E-state index is 0.496. The van der Waals surface area contributed by atoms with Crippen molar-refractivity contribution >= 4 is 16.7 Å². The molecule has 152 valence electrons. The van der Waals surface area contributed by atoms with E-state index in [2.05, 4.69) is 37.1 Å². The lowest BCUT2D eigenvalue weighted by molar-refractivity contribution is 0.132. The van der Waals surface area contributed by atoms with E-state index in [4.69, 9.17) is 4.74 Å². The Bertz CT molecular complexity index is 754. The fourth-order valence-electron chi connectivity index (χ4n) is 4.10. The summed E-state index contributed by atoms with van der Waals surface area (Å²) in [6.45, 7) is 6.06. The van der Waals surface area contributed by atoms with Gasteiger partial charge in [-0.15, -0.1) is 0 Å². The number of nitrogens with one attached hydrogen (secondary N) is 1. The van der Waals surface area contributed by atoms with Crippen LogP contribution in [0.4, 0.5) is 5.82 Å². The van der Waals surface area contributed by atoms with E-state index in [1.807, 2.05) is 6.07 Å². The Hall–Kier alpha value is -1.99. The van der Waals surface area contributed by atoms with Crippen LogP contribution in [0.25, 0.3) is 10.9 Å². The summed E-state index contributed by atoms with van der Waals surface area (Å²) in [6, 6.07) is 2.48. The number of piperazine rings is 1. The molecule has 0 atom stereocenters. The van der Waals surface area contributed by atoms with Gasteiger partial charge in [0.2, 0.25) is 5.88 Å². The first-order valence-electron chi connectivity index (χ1n) is 10.7. The molecule has 2 aromatic heterocycles. The Morgan fingerprint density at radius 1 is 1.04 bits per heavy atom. The van der Waals surface area contributed by atoms with Gasteiger partial charge < -0.3 is 15.0 Å². The van der Waals surface area contributed by atoms with Crippen molar-refractivity contribution in [3.63, 3.8) is 0 Å². The molecular weight excluding hydrogens is 352 g/mol. The zero-order chi connectivity index (χ0) is 19.2. The van der Waals surface area contributed by atoms with Crippen LogP contribution in [-0.4, -0.2) is 77.2 Å². The second-order valence-corrected chi connectivity index (χ2v) is 8.09. The second kappa shape index (κ2) is 9.47. The van der Waals surface area contributed by atoms with E-state index in [1.54, 1.807) is 12.5 Å². The number of fused-ring (bicyclic) bond motifs is 1. The van der Waals surface area contributed by atoms with Crippen molar-refractivity contribution in [1.82, 2.24) is 24.8 Å². The third-order valence-electron chi connectivity index (χ3n) is 5.95. The SMILES string of the molecule is CN1CCN(CCOc2cc3c(NC4CCCCCC4)ncnc3cn2)CC1. The summed E-state index contributed by atoms with van der Waals surface area (Å²) < 4.78 is 5.96. The van der Waals surface area contributed by atoms with E-state index >= 15 is 0 Å². The average molecular weight is 385 g/mol. The van der Waals surface area contributed by atoms with E-state index in [0.717, 1.165) is 49.4 Å². The molecule has 1 saturated heterocycles. The maximum atomic E-state index is 5.96. The summed E-state index contributed by atoms with van der Waals surface area (Å²) in [7, 11) is 2.18. The zero-order valence-corrected chi connectivity index (χ0v) is 16.9. The van der Waals surface area contributed by atoms with E-state index < -0.39 is 0 Å². The molecular formula is C21H32N6O. The summed E-state index contributed by atoms with van der Waals surface area (Å²) >= 11 is 0. The van der Waals surface area contributed by atoms with Crippen molar-refractivity contribution in [3.8, 4) is 5.88 Å². The molecule has 2 aromatic rings. The van der Waals surface area contributed by atoms with Crippen LogP contribution in [0, 0.1) is 0 Å². The van der Waals surface area contributed by atoms with Crippen LogP contribution < -0.4 is 10.1 Å². The number of likely N-dealkylation sites (N-methyl/N-ethyl adjacent to an activating group) is 1. The predicted molar refractivity (Wildman–Crippen MR) is 112 cm³/mol. The van der Waals surface area contributed by atoms with Crippen molar-refractivity contribution in [2.24, 2.45) is 0 Å². The largest absolute Gasteiger partial charge is 0.476 e. The van der Waals surface area contributed by atoms with E-state index in [9.17, 15) is 0 Å². The predicted octanol–water partition coefficient (Wildman–Crippen LogP) is 2.79. The third kappa shape index (κ3) is 5.08. The lowest BCUT2D eigenvalue weighted by Crippen LogP contribution is -2.45. The summed E-state index contributed by atoms with van der Waals surface area (Å²) in [6.07, 6.45) is 11.1. The van der Waals surface area contributed by atoms with Gasteiger partial charge >= 0.3 is 0 Å². The molecule has 0 amide bonds. The summed E-state index contributed by atoms with van der Waals surface area (Å²) in [5, 5.41) is 4.65. The van der Waals surface area contributed by atoms with Gasteiger partial charge in [0.05, 0.1) is 11.7 Å². The first kappa shape index (κ1) is 19.3. The highest BCUT2D eigenvalue weighted by Gasteiger charge is 2.16. The number of rotatable bonds is 6. The quantitative estimate of drug-likeness (QED) is 0.768. The van der Waals surface area contributed by atoms with Gasteiger partial charge in [0.25, 0.3) is 0 Å². The van der Waals surface area contributed by atoms with Crippen LogP contribution in [-0.2, 0) is 0 Å². The van der Waals surface area contributed by atoms with Gasteiger partial charge in [0, 0.05) is 50.2 Å². The molecule has 2 aliphatic rings. The molecule has 7 heteroatoms. The zero-order valence-electron chi connectivity index (χ0n) is 16.9. The Kier molecular flexibility index (Phi) is 6.54. The molecule has 2 fully saturated rings. The molecule has 28 heavy (non-hydrogen) atoms. The minimum absolute atomic E-state index is 0.496. The van der Waals surface area contributed by atoms with Crippen molar-refractivity contribution in [1.29, 1.82) is 0 Å². The normalized spacial score (nSPS) is 20.2. The van der Waals surface area contributed by atoms with Gasteiger partial charge in [-0.05, 0) is 19.9 Å². The molecule has 1 saturated carbocycles. The molecule has 0 bridgehead atoms. The van der Waals surface area contributed by atoms with E-state index in [0.29, 0.717) is 18.5 Å². The average Bonchev–Trinajstić information content (AvgIpc) is 2.99. The lowest BCUT2D eigenvalue weighted by Gasteiger charge is -2.32. The Balaban J connectivity index is 1.39. The summed E-state index contributed by atoms with van der Waals surface area (Å²) in [5.74, 6) is 1.56. The molecule has 0 radical (unpaired) electrons. The molecule has 0 spiro atoms. The first-order chi connectivity index (χ1) is 13.8. The van der Waals surface area contributed by atoms with Crippen LogP contribution in [0.15, 0.2) is 18.6 Å². The lowest BCUT2D eigenvalue weighted by atomic mass is 10.1. The van der Waals surface area contributed by atoms with E-state index in [1.165, 1.54) is 38.5 Å². The van der Waals surface area contributed by atoms with Crippen LogP contribution in [0.5, 0.6) is 5.88 Å². The Morgan fingerprint density at radius 2 is 1.82 bits per heavy atom. The Morgan fingerprint density at radius 3 is 2.61 bits per heavy atom. The standard InChI is InChI=1S/C21H32N6O/c1-26-8-10-27(11-9-26)12-13-28-20-14-18-19(15-22-20)23-16-24-21(18)25-17-6-4-2-3-5-7-17/h14-17H,2-13H2,1H3,(H,23,24,25). The molecule has 3 heterocycles. The highest BCUT2D eigenvalue weighted by molar-refractivity contribution is 5.89. The smallest absolute Gasteiger partial charge is 0.214 e. The molecule has 0 aromatic carbocycles. The van der Waals surface area contributed by atoms with Crippen molar-refractivity contribution < 1.29 is 4.74 Å². The topological polar surface area (TPSA) is 66.4 Å². The highest BCUT2D eigenvalue weighted by atomic mass is 16.5. The van der Waals surface area contributed by atoms with Gasteiger partial charge in [-0.1, -0.05) is 25.7 Å². The summed E-state index contributed by atoms with van der Waals surface area (Å²) in [5.41, 5.74) is 0.859. The summed E-state index contributed by atoms with van der Waals surface area (Å²) in [4.78, 5) is 18.1. The number of pyridine rings is 1. The van der Waals surface area contributed by atoms with Gasteiger partial charge in [0.1, 0.15) is 18.8 Å². The van der Waals surface area contributed by atoms with E-state index in [-0.39, 0.29) is 0 Å². The third-order valence-corrected chi connectivity index (χ3v) is 5.95. The van der Waals surface area contributed by atoms with Gasteiger partial charge in [-0.3, -0.25) is 4.90 Å². The van der Waals surface area contributed by atoms with Crippen molar-refractivity contribution in [2.45, 2.75) is 44.6 Å². The molecule has 0 unspecified atom stereocenters. The molecule has 4 rings (SSSR count). The number of nitrogens with zero attached hydrogens (tertiary/aromatic N) is 5. The van der Waals surface area contributed by atoms with Gasteiger partial charge in [0.15, 0.2) is 0 Å². The number of hydrogen-bond acceptors (Lipinski definition) is 7. The van der Waals surface area contributed by atoms with Gasteiger partial charge in [-0.2, -0.15) is 0 Å². The molecule has 1 aliphatic heterocycles. The second-order valence-electron chi connectivity index (χ2n) is 8.09. The van der Waals surface area contributed by atoms with Crippen LogP contribution in [0.1, 0.15) is 38.5 Å². The number of aromatic nitrogens is 3. The van der Waals surface area contributed by atoms with Crippen LogP contribution in [0.3, 0.4) is 0 Å². The fourth-order valence-corrected chi connectivity index (χ4v) is 4.10. The first-order valence-corrected chi connectivity index (χ1v) is 10.7. The number of anilines is 1. The van der Waals surface area contributed by atoms with Gasteiger partial charge in [-0.25, -0.2) is 15.0 Å². The van der Waals surface area contributed by atoms with Crippen LogP contribution >= 0.6 is 0 Å². The highest BCUT2D eigenvalue weighted by Crippen LogP contribution is 2.26. The molecule has 1 aliphatic carbocycles. The Labute approximate surface area is 167 Å². The van der Waals surface area contributed by atoms with Crippen molar-refractivity contribution in [3.05, 3.63) is 18.6 Å². The maximum absolute atomic E-state index is 5.96. The van der Waals surface area contributed by atoms with Crippen LogP contribution in [0.2, 0.25) is 0 Å². The molecule has 1 N–H and O–H groups in total. The van der Waals surface area contributed by atoms with Crippen molar-refractivity contribution in [2.75, 3.05) is 51.7 Å². The fraction of sp³-hybridized carbons (Fsp3) is 0.667. The number of hydrogen-bond donors (Lipinski definition) is 1.